The molecule has 2 aromatic carbocycles. The van der Waals surface area contributed by atoms with Crippen LogP contribution in [-0.4, -0.2) is 6.61 Å². The Labute approximate surface area is 177 Å². The van der Waals surface area contributed by atoms with Crippen LogP contribution >= 0.6 is 7.82 Å². The van der Waals surface area contributed by atoms with Crippen molar-refractivity contribution in [2.75, 3.05) is 6.61 Å². The number of rotatable bonds is 13. The molecule has 27 heavy (non-hydrogen) atoms. The molecule has 0 spiro atoms. The minimum atomic E-state index is -4.89. The van der Waals surface area contributed by atoms with Crippen molar-refractivity contribution < 1.29 is 31.8 Å². The number of phosphoric acid groups is 1. The van der Waals surface area contributed by atoms with E-state index in [9.17, 15) is 4.57 Å². The van der Waals surface area contributed by atoms with Crippen molar-refractivity contribution >= 4 is 7.82 Å². The van der Waals surface area contributed by atoms with Gasteiger partial charge in [0.2, 0.25) is 0 Å². The van der Waals surface area contributed by atoms with Crippen LogP contribution in [0.15, 0.2) is 60.4 Å². The molecule has 0 radical (unpaired) electrons. The van der Waals surface area contributed by atoms with Gasteiger partial charge in [-0.25, -0.2) is 4.57 Å². The summed E-state index contributed by atoms with van der Waals surface area (Å²) in [4.78, 5) is 0. The summed E-state index contributed by atoms with van der Waals surface area (Å²) in [5.41, 5.74) is 0. The van der Waals surface area contributed by atoms with Gasteiger partial charge in [-0.1, -0.05) is 82.2 Å². The molecular weight excluding hydrogens is 359 g/mol. The lowest BCUT2D eigenvalue weighted by Crippen LogP contribution is -2.06. The number of hydrogen-bond acceptors (Lipinski definition) is 4. The zero-order valence-electron chi connectivity index (χ0n) is 25.6. The van der Waals surface area contributed by atoms with E-state index in [0.717, 1.165) is 32.1 Å². The van der Waals surface area contributed by atoms with E-state index in [1.165, 1.54) is 0 Å². The first-order valence-corrected chi connectivity index (χ1v) is 10.5. The number of hydrogen-bond donors (Lipinski definition) is 0. The van der Waals surface area contributed by atoms with Gasteiger partial charge in [0, 0.05) is 0 Å². The lowest BCUT2D eigenvalue weighted by molar-refractivity contribution is 0.205. The maximum absolute atomic E-state index is 13.6. The topological polar surface area (TPSA) is 44.8 Å². The van der Waals surface area contributed by atoms with Crippen molar-refractivity contribution in [3.8, 4) is 11.5 Å². The second-order valence-corrected chi connectivity index (χ2v) is 7.84. The average Bonchev–Trinajstić information content (AvgIpc) is 2.86. The summed E-state index contributed by atoms with van der Waals surface area (Å²) in [5.74, 6) is -1.00. The molecule has 4 nitrogen and oxygen atoms in total. The minimum Gasteiger partial charge on any atom is -0.395 e. The largest absolute Gasteiger partial charge is 0.587 e. The van der Waals surface area contributed by atoms with E-state index in [1.807, 2.05) is 0 Å². The summed E-state index contributed by atoms with van der Waals surface area (Å²) in [6.07, 6.45) is 5.25. The zero-order chi connectivity index (χ0) is 28.1. The first kappa shape index (κ1) is 11.3. The molecule has 2 rings (SSSR count). The standard InChI is InChI=1S/C22H31O4P/c1-20(2)14-8-4-3-5-13-19-24-27(23,25-21-15-9-6-10-16-21)26-22-17-11-7-12-18-22/h6-7,9-12,15-18,20H,3-5,8,13-14,19H2,1-2H3/i6D,7D,9D,10D,11D,12D,15D,16D,17D,18D. The summed E-state index contributed by atoms with van der Waals surface area (Å²) >= 11 is 0. The Morgan fingerprint density at radius 3 is 1.81 bits per heavy atom. The number of benzene rings is 2. The van der Waals surface area contributed by atoms with Crippen molar-refractivity contribution in [1.82, 2.24) is 0 Å². The SMILES string of the molecule is [2H]c1c([2H])c([2H])c(OP(=O)(OCCCCCCCC(C)C)Oc2c([2H])c([2H])c([2H])c([2H])c2[2H])c([2H])c1[2H]. The van der Waals surface area contributed by atoms with Crippen molar-refractivity contribution in [3.05, 3.63) is 60.4 Å². The Hall–Kier alpha value is -1.77. The summed E-state index contributed by atoms with van der Waals surface area (Å²) in [5, 5.41) is 0. The summed E-state index contributed by atoms with van der Waals surface area (Å²) in [7, 11) is -4.89. The fourth-order valence-corrected chi connectivity index (χ4v) is 3.35. The summed E-state index contributed by atoms with van der Waals surface area (Å²) in [6, 6.07) is -7.57. The Bertz CT molecular complexity index is 1040. The normalized spacial score (nSPS) is 16.7. The lowest BCUT2D eigenvalue weighted by Gasteiger charge is -2.19. The fraction of sp³-hybridized carbons (Fsp3) is 0.455. The molecule has 0 bridgehead atoms. The van der Waals surface area contributed by atoms with Gasteiger partial charge in [0.1, 0.15) is 11.5 Å². The zero-order valence-corrected chi connectivity index (χ0v) is 16.5. The first-order valence-electron chi connectivity index (χ1n) is 14.0. The van der Waals surface area contributed by atoms with E-state index in [-0.39, 0.29) is 6.61 Å². The van der Waals surface area contributed by atoms with Crippen LogP contribution in [-0.2, 0) is 9.09 Å². The van der Waals surface area contributed by atoms with E-state index < -0.39 is 79.7 Å². The average molecular weight is 401 g/mol. The van der Waals surface area contributed by atoms with Crippen LogP contribution in [0.1, 0.15) is 66.1 Å². The van der Waals surface area contributed by atoms with Crippen LogP contribution in [0.2, 0.25) is 0 Å². The third-order valence-electron chi connectivity index (χ3n) is 3.54. The first-order chi connectivity index (χ1) is 17.2. The Morgan fingerprint density at radius 2 is 1.30 bits per heavy atom. The monoisotopic (exact) mass is 400 g/mol. The summed E-state index contributed by atoms with van der Waals surface area (Å²) < 4.78 is 108. The van der Waals surface area contributed by atoms with Crippen LogP contribution in [0.5, 0.6) is 11.5 Å². The molecule has 0 aliphatic heterocycles. The van der Waals surface area contributed by atoms with Gasteiger partial charge in [0.15, 0.2) is 0 Å². The molecule has 0 N–H and O–H groups in total. The minimum absolute atomic E-state index is 0.168. The highest BCUT2D eigenvalue weighted by atomic mass is 31.2. The van der Waals surface area contributed by atoms with E-state index in [4.69, 9.17) is 27.3 Å². The molecule has 0 heterocycles. The van der Waals surface area contributed by atoms with Crippen molar-refractivity contribution in [1.29, 1.82) is 0 Å². The van der Waals surface area contributed by atoms with Crippen LogP contribution in [0.4, 0.5) is 0 Å². The lowest BCUT2D eigenvalue weighted by atomic mass is 10.0. The van der Waals surface area contributed by atoms with Crippen molar-refractivity contribution in [2.45, 2.75) is 52.4 Å². The predicted octanol–water partition coefficient (Wildman–Crippen LogP) is 7.27. The highest BCUT2D eigenvalue weighted by molar-refractivity contribution is 7.49. The molecule has 0 fully saturated rings. The molecule has 0 unspecified atom stereocenters. The third kappa shape index (κ3) is 9.12. The van der Waals surface area contributed by atoms with E-state index in [1.54, 1.807) is 0 Å². The second kappa shape index (κ2) is 11.8. The van der Waals surface area contributed by atoms with Gasteiger partial charge in [-0.05, 0) is 36.5 Å². The molecular formula is C22H31O4P. The van der Waals surface area contributed by atoms with Gasteiger partial charge in [0.25, 0.3) is 0 Å². The van der Waals surface area contributed by atoms with E-state index in [0.29, 0.717) is 12.3 Å². The molecule has 0 aliphatic carbocycles. The Balaban J connectivity index is 2.33. The molecule has 148 valence electrons. The summed E-state index contributed by atoms with van der Waals surface area (Å²) in [6.45, 7) is 4.13. The molecule has 0 aliphatic rings. The quantitative estimate of drug-likeness (QED) is 0.262. The molecule has 2 aromatic rings. The Kier molecular flexibility index (Phi) is 4.95. The van der Waals surface area contributed by atoms with E-state index >= 15 is 0 Å². The molecule has 0 atom stereocenters. The maximum atomic E-state index is 13.6. The molecule has 5 heteroatoms. The number of para-hydroxylation sites is 2. The predicted molar refractivity (Wildman–Crippen MR) is 110 cm³/mol. The Morgan fingerprint density at radius 1 is 0.815 bits per heavy atom. The van der Waals surface area contributed by atoms with Crippen LogP contribution in [0.3, 0.4) is 0 Å². The van der Waals surface area contributed by atoms with Gasteiger partial charge in [-0.15, -0.1) is 0 Å². The highest BCUT2D eigenvalue weighted by Crippen LogP contribution is 2.49. The fourth-order valence-electron chi connectivity index (χ4n) is 2.22. The van der Waals surface area contributed by atoms with Gasteiger partial charge in [0.05, 0.1) is 20.3 Å². The second-order valence-electron chi connectivity index (χ2n) is 6.32. The smallest absolute Gasteiger partial charge is 0.395 e. The molecule has 0 amide bonds. The maximum Gasteiger partial charge on any atom is 0.587 e. The number of unbranched alkanes of at least 4 members (excludes halogenated alkanes) is 4. The van der Waals surface area contributed by atoms with Crippen molar-refractivity contribution in [3.63, 3.8) is 0 Å². The number of phosphoric ester groups is 1. The van der Waals surface area contributed by atoms with E-state index in [2.05, 4.69) is 13.8 Å². The van der Waals surface area contributed by atoms with Gasteiger partial charge < -0.3 is 9.05 Å². The molecule has 0 saturated carbocycles. The van der Waals surface area contributed by atoms with Crippen LogP contribution in [0, 0.1) is 5.92 Å². The molecule has 0 saturated heterocycles. The van der Waals surface area contributed by atoms with Gasteiger partial charge in [-0.3, -0.25) is 4.52 Å². The van der Waals surface area contributed by atoms with Crippen LogP contribution < -0.4 is 9.05 Å². The molecule has 0 aromatic heterocycles. The highest BCUT2D eigenvalue weighted by Gasteiger charge is 2.30. The van der Waals surface area contributed by atoms with Crippen LogP contribution in [0.25, 0.3) is 0 Å². The van der Waals surface area contributed by atoms with Crippen molar-refractivity contribution in [2.24, 2.45) is 5.92 Å². The van der Waals surface area contributed by atoms with Gasteiger partial charge >= 0.3 is 7.82 Å². The van der Waals surface area contributed by atoms with Gasteiger partial charge in [-0.2, -0.15) is 0 Å². The third-order valence-corrected chi connectivity index (χ3v) is 4.85.